The summed E-state index contributed by atoms with van der Waals surface area (Å²) in [4.78, 5) is 11.3. The van der Waals surface area contributed by atoms with Gasteiger partial charge in [0.1, 0.15) is 0 Å². The molecule has 0 heterocycles. The molecule has 0 aliphatic rings. The highest BCUT2D eigenvalue weighted by atomic mass is 32.2. The number of carboxylic acid groups (broad SMARTS) is 1. The fourth-order valence-corrected chi connectivity index (χ4v) is 4.68. The molecule has 0 unspecified atom stereocenters. The van der Waals surface area contributed by atoms with Crippen molar-refractivity contribution in [3.05, 3.63) is 0 Å². The molecule has 0 saturated carbocycles. The average Bonchev–Trinajstić information content (AvgIpc) is 2.53. The zero-order valence-corrected chi connectivity index (χ0v) is 16.7. The Morgan fingerprint density at radius 3 is 1.43 bits per heavy atom. The van der Waals surface area contributed by atoms with Gasteiger partial charge >= 0.3 is 5.97 Å². The summed E-state index contributed by atoms with van der Waals surface area (Å²) >= 11 is 2.37. The second kappa shape index (κ2) is 15.6. The topological polar surface area (TPSA) is 57.5 Å². The van der Waals surface area contributed by atoms with Crippen molar-refractivity contribution in [2.75, 3.05) is 11.5 Å². The van der Waals surface area contributed by atoms with E-state index in [0.29, 0.717) is 0 Å². The standard InChI is InChI=1S/C18H36O3S2/c1-3-5-7-9-11-13-15-22-18(21,17(19)20)23-16-14-12-10-8-6-4-2/h21H,3-16H2,1-2H3,(H,19,20). The first-order valence-electron chi connectivity index (χ1n) is 9.30. The smallest absolute Gasteiger partial charge is 0.357 e. The quantitative estimate of drug-likeness (QED) is 0.248. The van der Waals surface area contributed by atoms with E-state index in [2.05, 4.69) is 13.8 Å². The molecule has 0 saturated heterocycles. The number of aliphatic hydroxyl groups is 1. The molecule has 0 atom stereocenters. The monoisotopic (exact) mass is 364 g/mol. The van der Waals surface area contributed by atoms with Crippen LogP contribution in [0.3, 0.4) is 0 Å². The highest BCUT2D eigenvalue weighted by Crippen LogP contribution is 2.36. The van der Waals surface area contributed by atoms with Gasteiger partial charge in [0.15, 0.2) is 0 Å². The Bertz CT molecular complexity index is 267. The number of carbonyl (C=O) groups is 1. The zero-order chi connectivity index (χ0) is 17.4. The Morgan fingerprint density at radius 2 is 1.09 bits per heavy atom. The summed E-state index contributed by atoms with van der Waals surface area (Å²) < 4.78 is -1.66. The predicted molar refractivity (Wildman–Crippen MR) is 104 cm³/mol. The first-order valence-corrected chi connectivity index (χ1v) is 11.3. The highest BCUT2D eigenvalue weighted by Gasteiger charge is 2.36. The summed E-state index contributed by atoms with van der Waals surface area (Å²) in [5.41, 5.74) is 0. The van der Waals surface area contributed by atoms with E-state index in [4.69, 9.17) is 0 Å². The summed E-state index contributed by atoms with van der Waals surface area (Å²) in [5.74, 6) is 0.334. The Kier molecular flexibility index (Phi) is 15.7. The van der Waals surface area contributed by atoms with Crippen LogP contribution >= 0.6 is 23.5 Å². The van der Waals surface area contributed by atoms with Gasteiger partial charge in [0.2, 0.25) is 0 Å². The fourth-order valence-electron chi connectivity index (χ4n) is 2.35. The summed E-state index contributed by atoms with van der Waals surface area (Å²) in [6, 6.07) is 0. The van der Waals surface area contributed by atoms with Crippen LogP contribution in [0, 0.1) is 0 Å². The maximum absolute atomic E-state index is 11.3. The van der Waals surface area contributed by atoms with Crippen LogP contribution in [0.4, 0.5) is 0 Å². The maximum atomic E-state index is 11.3. The van der Waals surface area contributed by atoms with E-state index >= 15 is 0 Å². The second-order valence-electron chi connectivity index (χ2n) is 6.12. The van der Waals surface area contributed by atoms with Crippen molar-refractivity contribution in [1.82, 2.24) is 0 Å². The van der Waals surface area contributed by atoms with E-state index < -0.39 is 10.2 Å². The number of aliphatic carboxylic acids is 1. The second-order valence-corrected chi connectivity index (χ2v) is 8.95. The molecule has 3 nitrogen and oxygen atoms in total. The van der Waals surface area contributed by atoms with Gasteiger partial charge in [-0.05, 0) is 24.3 Å². The lowest BCUT2D eigenvalue weighted by Gasteiger charge is -2.22. The lowest BCUT2D eigenvalue weighted by Crippen LogP contribution is -2.31. The number of carboxylic acids is 1. The normalized spacial score (nSPS) is 11.8. The Morgan fingerprint density at radius 1 is 0.739 bits per heavy atom. The van der Waals surface area contributed by atoms with Gasteiger partial charge in [-0.3, -0.25) is 0 Å². The first-order chi connectivity index (χ1) is 11.1. The molecule has 0 fully saturated rings. The molecule has 0 rings (SSSR count). The third-order valence-corrected chi connectivity index (χ3v) is 6.69. The molecular weight excluding hydrogens is 328 g/mol. The van der Waals surface area contributed by atoms with Gasteiger partial charge < -0.3 is 10.2 Å². The molecule has 0 aromatic heterocycles. The van der Waals surface area contributed by atoms with Gasteiger partial charge in [-0.2, -0.15) is 0 Å². The highest BCUT2D eigenvalue weighted by molar-refractivity contribution is 8.19. The Labute approximate surface area is 151 Å². The van der Waals surface area contributed by atoms with Crippen molar-refractivity contribution in [1.29, 1.82) is 0 Å². The number of hydrogen-bond donors (Lipinski definition) is 2. The van der Waals surface area contributed by atoms with Crippen LogP contribution in [0.2, 0.25) is 0 Å². The van der Waals surface area contributed by atoms with Gasteiger partial charge in [-0.1, -0.05) is 78.1 Å². The molecule has 0 radical (unpaired) electrons. The van der Waals surface area contributed by atoms with Crippen molar-refractivity contribution in [3.8, 4) is 0 Å². The minimum atomic E-state index is -1.66. The van der Waals surface area contributed by atoms with Crippen LogP contribution in [-0.4, -0.2) is 32.0 Å². The largest absolute Gasteiger partial charge is 0.478 e. The van der Waals surface area contributed by atoms with Gasteiger partial charge in [0.05, 0.1) is 0 Å². The predicted octanol–water partition coefficient (Wildman–Crippen LogP) is 5.90. The van der Waals surface area contributed by atoms with Crippen molar-refractivity contribution in [2.45, 2.75) is 95.2 Å². The molecule has 138 valence electrons. The Hall–Kier alpha value is 0.130. The third-order valence-electron chi connectivity index (χ3n) is 3.86. The number of unbranched alkanes of at least 4 members (excludes halogenated alkanes) is 10. The SMILES string of the molecule is CCCCCCCCSC(O)(SCCCCCCCC)C(=O)O. The summed E-state index contributed by atoms with van der Waals surface area (Å²) in [6.07, 6.45) is 14.2. The van der Waals surface area contributed by atoms with Crippen molar-refractivity contribution < 1.29 is 15.0 Å². The molecule has 0 spiro atoms. The molecule has 23 heavy (non-hydrogen) atoms. The van der Waals surface area contributed by atoms with Gasteiger partial charge in [-0.25, -0.2) is 4.79 Å². The van der Waals surface area contributed by atoms with E-state index in [9.17, 15) is 15.0 Å². The van der Waals surface area contributed by atoms with Gasteiger partial charge in [0.25, 0.3) is 4.27 Å². The summed E-state index contributed by atoms with van der Waals surface area (Å²) in [7, 11) is 0. The average molecular weight is 365 g/mol. The summed E-state index contributed by atoms with van der Waals surface area (Å²) in [6.45, 7) is 4.40. The van der Waals surface area contributed by atoms with E-state index in [-0.39, 0.29) is 0 Å². The zero-order valence-electron chi connectivity index (χ0n) is 15.0. The van der Waals surface area contributed by atoms with Crippen LogP contribution < -0.4 is 0 Å². The van der Waals surface area contributed by atoms with E-state index in [1.54, 1.807) is 0 Å². The lowest BCUT2D eigenvalue weighted by atomic mass is 10.1. The molecule has 2 N–H and O–H groups in total. The summed E-state index contributed by atoms with van der Waals surface area (Å²) in [5, 5.41) is 19.6. The molecule has 5 heteroatoms. The molecular formula is C18H36O3S2. The maximum Gasteiger partial charge on any atom is 0.357 e. The third kappa shape index (κ3) is 13.1. The lowest BCUT2D eigenvalue weighted by molar-refractivity contribution is -0.143. The van der Waals surface area contributed by atoms with Crippen LogP contribution in [0.15, 0.2) is 0 Å². The molecule has 0 aromatic carbocycles. The van der Waals surface area contributed by atoms with Crippen LogP contribution in [0.25, 0.3) is 0 Å². The van der Waals surface area contributed by atoms with Crippen molar-refractivity contribution >= 4 is 29.5 Å². The number of thioether (sulfide) groups is 2. The number of hydrogen-bond acceptors (Lipinski definition) is 4. The van der Waals surface area contributed by atoms with Gasteiger partial charge in [-0.15, -0.1) is 23.5 Å². The van der Waals surface area contributed by atoms with Crippen molar-refractivity contribution in [3.63, 3.8) is 0 Å². The van der Waals surface area contributed by atoms with Crippen LogP contribution in [0.1, 0.15) is 90.9 Å². The fraction of sp³-hybridized carbons (Fsp3) is 0.944. The molecule has 0 amide bonds. The van der Waals surface area contributed by atoms with E-state index in [1.165, 1.54) is 74.9 Å². The first kappa shape index (κ1) is 23.1. The van der Waals surface area contributed by atoms with E-state index in [1.807, 2.05) is 0 Å². The van der Waals surface area contributed by atoms with Crippen molar-refractivity contribution in [2.24, 2.45) is 0 Å². The molecule has 0 bridgehead atoms. The Balaban J connectivity index is 3.77. The van der Waals surface area contributed by atoms with Crippen LogP contribution in [0.5, 0.6) is 0 Å². The van der Waals surface area contributed by atoms with Crippen LogP contribution in [-0.2, 0) is 4.79 Å². The molecule has 0 aromatic rings. The molecule has 0 aliphatic heterocycles. The minimum Gasteiger partial charge on any atom is -0.478 e. The number of rotatable bonds is 17. The van der Waals surface area contributed by atoms with E-state index in [0.717, 1.165) is 37.2 Å². The molecule has 0 aliphatic carbocycles. The van der Waals surface area contributed by atoms with Gasteiger partial charge in [0, 0.05) is 0 Å². The minimum absolute atomic E-state index is 0.721.